The van der Waals surface area contributed by atoms with E-state index in [4.69, 9.17) is 0 Å². The molecule has 84 valence electrons. The van der Waals surface area contributed by atoms with Crippen LogP contribution in [-0.4, -0.2) is 35.1 Å². The van der Waals surface area contributed by atoms with E-state index in [0.717, 1.165) is 32.4 Å². The van der Waals surface area contributed by atoms with Crippen molar-refractivity contribution in [1.82, 2.24) is 14.8 Å². The molecule has 5 nitrogen and oxygen atoms in total. The first-order valence-electron chi connectivity index (χ1n) is 5.03. The van der Waals surface area contributed by atoms with E-state index in [0.29, 0.717) is 12.5 Å². The molecule has 1 heterocycles. The van der Waals surface area contributed by atoms with Gasteiger partial charge in [-0.15, -0.1) is 0 Å². The van der Waals surface area contributed by atoms with Crippen LogP contribution in [-0.2, 0) is 10.2 Å². The normalized spacial score (nSPS) is 24.5. The van der Waals surface area contributed by atoms with Crippen LogP contribution < -0.4 is 14.8 Å². The van der Waals surface area contributed by atoms with Crippen LogP contribution in [0.2, 0.25) is 0 Å². The quantitative estimate of drug-likeness (QED) is 0.595. The molecule has 0 aromatic heterocycles. The van der Waals surface area contributed by atoms with Crippen molar-refractivity contribution in [2.45, 2.75) is 19.3 Å². The average molecular weight is 221 g/mol. The zero-order valence-electron chi connectivity index (χ0n) is 8.54. The largest absolute Gasteiger partial charge is 0.317 e. The van der Waals surface area contributed by atoms with Crippen LogP contribution in [0.1, 0.15) is 19.3 Å². The summed E-state index contributed by atoms with van der Waals surface area (Å²) in [6, 6.07) is 0. The highest BCUT2D eigenvalue weighted by Crippen LogP contribution is 2.12. The van der Waals surface area contributed by atoms with Crippen LogP contribution in [0.3, 0.4) is 0 Å². The summed E-state index contributed by atoms with van der Waals surface area (Å²) in [6.07, 6.45) is 3.28. The van der Waals surface area contributed by atoms with Crippen molar-refractivity contribution in [3.8, 4) is 0 Å². The van der Waals surface area contributed by atoms with Gasteiger partial charge in [-0.05, 0) is 38.3 Å². The third-order valence-corrected chi connectivity index (χ3v) is 3.61. The van der Waals surface area contributed by atoms with Crippen LogP contribution in [0, 0.1) is 5.92 Å². The van der Waals surface area contributed by atoms with E-state index in [1.807, 2.05) is 0 Å². The van der Waals surface area contributed by atoms with E-state index in [1.54, 1.807) is 0 Å². The Kier molecular flexibility index (Phi) is 4.80. The van der Waals surface area contributed by atoms with Gasteiger partial charge in [-0.25, -0.2) is 9.44 Å². The Hall–Kier alpha value is -0.170. The van der Waals surface area contributed by atoms with Crippen molar-refractivity contribution < 1.29 is 8.42 Å². The smallest absolute Gasteiger partial charge is 0.276 e. The Balaban J connectivity index is 2.29. The summed E-state index contributed by atoms with van der Waals surface area (Å²) >= 11 is 0. The summed E-state index contributed by atoms with van der Waals surface area (Å²) in [4.78, 5) is 0. The van der Waals surface area contributed by atoms with E-state index in [1.165, 1.54) is 7.05 Å². The molecule has 0 spiro atoms. The van der Waals surface area contributed by atoms with E-state index in [9.17, 15) is 8.42 Å². The van der Waals surface area contributed by atoms with Crippen LogP contribution in [0.4, 0.5) is 0 Å². The molecule has 6 heteroatoms. The van der Waals surface area contributed by atoms with Gasteiger partial charge in [-0.1, -0.05) is 0 Å². The lowest BCUT2D eigenvalue weighted by atomic mass is 10.0. The highest BCUT2D eigenvalue weighted by atomic mass is 32.2. The molecule has 14 heavy (non-hydrogen) atoms. The molecule has 1 unspecified atom stereocenters. The summed E-state index contributed by atoms with van der Waals surface area (Å²) in [5.74, 6) is 0.466. The fourth-order valence-corrected chi connectivity index (χ4v) is 2.19. The van der Waals surface area contributed by atoms with Gasteiger partial charge in [0.1, 0.15) is 0 Å². The minimum Gasteiger partial charge on any atom is -0.317 e. The lowest BCUT2D eigenvalue weighted by Gasteiger charge is -2.13. The number of rotatable bonds is 4. The SMILES string of the molecule is CNS(=O)(=O)NCC1CCCNCC1. The molecule has 0 amide bonds. The molecule has 1 saturated heterocycles. The van der Waals surface area contributed by atoms with Crippen molar-refractivity contribution in [2.75, 3.05) is 26.7 Å². The zero-order chi connectivity index (χ0) is 10.4. The van der Waals surface area contributed by atoms with Crippen molar-refractivity contribution in [3.63, 3.8) is 0 Å². The third-order valence-electron chi connectivity index (χ3n) is 2.53. The van der Waals surface area contributed by atoms with E-state index in [2.05, 4.69) is 14.8 Å². The first kappa shape index (κ1) is 11.9. The van der Waals surface area contributed by atoms with E-state index in [-0.39, 0.29) is 0 Å². The Bertz CT molecular complexity index is 245. The van der Waals surface area contributed by atoms with Crippen molar-refractivity contribution in [1.29, 1.82) is 0 Å². The molecular weight excluding hydrogens is 202 g/mol. The lowest BCUT2D eigenvalue weighted by molar-refractivity contribution is 0.460. The Morgan fingerprint density at radius 3 is 2.86 bits per heavy atom. The Morgan fingerprint density at radius 2 is 2.14 bits per heavy atom. The third kappa shape index (κ3) is 4.36. The monoisotopic (exact) mass is 221 g/mol. The highest BCUT2D eigenvalue weighted by Gasteiger charge is 2.14. The fraction of sp³-hybridized carbons (Fsp3) is 1.00. The topological polar surface area (TPSA) is 70.2 Å². The minimum atomic E-state index is -3.25. The summed E-state index contributed by atoms with van der Waals surface area (Å²) in [7, 11) is -1.84. The molecule has 0 aromatic carbocycles. The molecule has 0 saturated carbocycles. The Labute approximate surface area is 85.8 Å². The van der Waals surface area contributed by atoms with Crippen molar-refractivity contribution >= 4 is 10.2 Å². The molecule has 1 fully saturated rings. The van der Waals surface area contributed by atoms with Gasteiger partial charge < -0.3 is 5.32 Å². The molecule has 1 rings (SSSR count). The lowest BCUT2D eigenvalue weighted by Crippen LogP contribution is -2.37. The predicted molar refractivity (Wildman–Crippen MR) is 56.2 cm³/mol. The fourth-order valence-electron chi connectivity index (χ4n) is 1.60. The first-order valence-corrected chi connectivity index (χ1v) is 6.51. The van der Waals surface area contributed by atoms with Crippen LogP contribution in [0.5, 0.6) is 0 Å². The van der Waals surface area contributed by atoms with Crippen LogP contribution >= 0.6 is 0 Å². The molecule has 3 N–H and O–H groups in total. The highest BCUT2D eigenvalue weighted by molar-refractivity contribution is 7.87. The number of nitrogens with one attached hydrogen (secondary N) is 3. The standard InChI is InChI=1S/C8H19N3O2S/c1-9-14(12,13)11-7-8-3-2-5-10-6-4-8/h8-11H,2-7H2,1H3. The van der Waals surface area contributed by atoms with Crippen LogP contribution in [0.15, 0.2) is 0 Å². The maximum Gasteiger partial charge on any atom is 0.276 e. The number of hydrogen-bond donors (Lipinski definition) is 3. The molecule has 0 aliphatic carbocycles. The molecule has 0 radical (unpaired) electrons. The van der Waals surface area contributed by atoms with Crippen molar-refractivity contribution in [2.24, 2.45) is 5.92 Å². The van der Waals surface area contributed by atoms with Gasteiger partial charge in [0.2, 0.25) is 0 Å². The summed E-state index contributed by atoms with van der Waals surface area (Å²) in [5.41, 5.74) is 0. The zero-order valence-corrected chi connectivity index (χ0v) is 9.36. The van der Waals surface area contributed by atoms with Gasteiger partial charge in [0.25, 0.3) is 10.2 Å². The maximum atomic E-state index is 11.1. The summed E-state index contributed by atoms with van der Waals surface area (Å²) in [5, 5.41) is 3.30. The van der Waals surface area contributed by atoms with Crippen molar-refractivity contribution in [3.05, 3.63) is 0 Å². The second-order valence-corrected chi connectivity index (χ2v) is 5.31. The second kappa shape index (κ2) is 5.65. The van der Waals surface area contributed by atoms with Gasteiger partial charge in [-0.3, -0.25) is 0 Å². The molecular formula is C8H19N3O2S. The summed E-state index contributed by atoms with van der Waals surface area (Å²) in [6.45, 7) is 2.59. The molecule has 0 aromatic rings. The average Bonchev–Trinajstić information content (AvgIpc) is 2.43. The van der Waals surface area contributed by atoms with Gasteiger partial charge in [0, 0.05) is 13.6 Å². The predicted octanol–water partition coefficient (Wildman–Crippen LogP) is -0.570. The molecule has 1 aliphatic heterocycles. The van der Waals surface area contributed by atoms with Gasteiger partial charge >= 0.3 is 0 Å². The minimum absolute atomic E-state index is 0.466. The number of hydrogen-bond acceptors (Lipinski definition) is 3. The van der Waals surface area contributed by atoms with E-state index < -0.39 is 10.2 Å². The molecule has 0 bridgehead atoms. The maximum absolute atomic E-state index is 11.1. The van der Waals surface area contributed by atoms with E-state index >= 15 is 0 Å². The Morgan fingerprint density at radius 1 is 1.36 bits per heavy atom. The second-order valence-electron chi connectivity index (χ2n) is 3.60. The van der Waals surface area contributed by atoms with Gasteiger partial charge in [0.15, 0.2) is 0 Å². The molecule has 1 atom stereocenters. The van der Waals surface area contributed by atoms with Crippen LogP contribution in [0.25, 0.3) is 0 Å². The summed E-state index contributed by atoms with van der Waals surface area (Å²) < 4.78 is 27.0. The van der Waals surface area contributed by atoms with Gasteiger partial charge in [-0.2, -0.15) is 8.42 Å². The van der Waals surface area contributed by atoms with Gasteiger partial charge in [0.05, 0.1) is 0 Å². The molecule has 1 aliphatic rings. The first-order chi connectivity index (χ1) is 6.64.